The number of hydrogen-bond donors (Lipinski definition) is 0. The van der Waals surface area contributed by atoms with Crippen LogP contribution in [0.3, 0.4) is 0 Å². The fraction of sp³-hybridized carbons (Fsp3) is 0.111. The fourth-order valence-corrected chi connectivity index (χ4v) is 1.27. The number of nitrogens with zero attached hydrogens (tertiary/aromatic N) is 3. The Morgan fingerprint density at radius 3 is 2.71 bits per heavy atom. The van der Waals surface area contributed by atoms with E-state index < -0.39 is 0 Å². The predicted molar refractivity (Wildman–Crippen MR) is 54.4 cm³/mol. The molecule has 5 heteroatoms. The van der Waals surface area contributed by atoms with E-state index in [2.05, 4.69) is 26.2 Å². The highest BCUT2D eigenvalue weighted by Gasteiger charge is 1.99. The standard InChI is InChI=1S/C9H8BrN3O/c10-9-6-11-12-13(9)14-7-8-4-2-1-3-5-8/h1-6H,7H2. The molecule has 0 spiro atoms. The highest BCUT2D eigenvalue weighted by atomic mass is 79.9. The van der Waals surface area contributed by atoms with E-state index >= 15 is 0 Å². The molecule has 14 heavy (non-hydrogen) atoms. The molecule has 0 saturated carbocycles. The zero-order valence-electron chi connectivity index (χ0n) is 7.30. The van der Waals surface area contributed by atoms with Crippen LogP contribution in [0.15, 0.2) is 41.1 Å². The Labute approximate surface area is 89.6 Å². The van der Waals surface area contributed by atoms with Crippen LogP contribution in [0.1, 0.15) is 5.56 Å². The van der Waals surface area contributed by atoms with Crippen molar-refractivity contribution in [1.82, 2.24) is 15.2 Å². The molecule has 0 amide bonds. The van der Waals surface area contributed by atoms with E-state index in [0.29, 0.717) is 11.2 Å². The van der Waals surface area contributed by atoms with Crippen molar-refractivity contribution in [2.24, 2.45) is 0 Å². The van der Waals surface area contributed by atoms with Crippen molar-refractivity contribution in [3.05, 3.63) is 46.7 Å². The Bertz CT molecular complexity index is 401. The second-order valence-corrected chi connectivity index (χ2v) is 3.50. The fourth-order valence-electron chi connectivity index (χ4n) is 1.01. The van der Waals surface area contributed by atoms with E-state index in [1.165, 1.54) is 4.85 Å². The van der Waals surface area contributed by atoms with Crippen LogP contribution < -0.4 is 4.84 Å². The summed E-state index contributed by atoms with van der Waals surface area (Å²) in [5.74, 6) is 0. The van der Waals surface area contributed by atoms with Crippen LogP contribution in [-0.2, 0) is 6.61 Å². The minimum atomic E-state index is 0.475. The molecule has 0 N–H and O–H groups in total. The van der Waals surface area contributed by atoms with Crippen molar-refractivity contribution >= 4 is 15.9 Å². The number of hydrogen-bond acceptors (Lipinski definition) is 3. The lowest BCUT2D eigenvalue weighted by Crippen LogP contribution is -2.13. The first-order valence-corrected chi connectivity index (χ1v) is 4.89. The van der Waals surface area contributed by atoms with Crippen LogP contribution in [0.2, 0.25) is 0 Å². The summed E-state index contributed by atoms with van der Waals surface area (Å²) in [4.78, 5) is 6.70. The van der Waals surface area contributed by atoms with Gasteiger partial charge in [-0.25, -0.2) is 0 Å². The largest absolute Gasteiger partial charge is 0.390 e. The Morgan fingerprint density at radius 2 is 2.07 bits per heavy atom. The lowest BCUT2D eigenvalue weighted by molar-refractivity contribution is 0.0615. The summed E-state index contributed by atoms with van der Waals surface area (Å²) in [6.45, 7) is 0.475. The van der Waals surface area contributed by atoms with Crippen molar-refractivity contribution in [3.63, 3.8) is 0 Å². The van der Waals surface area contributed by atoms with Crippen molar-refractivity contribution in [2.75, 3.05) is 0 Å². The molecule has 1 aromatic heterocycles. The van der Waals surface area contributed by atoms with E-state index in [9.17, 15) is 0 Å². The van der Waals surface area contributed by atoms with Gasteiger partial charge in [-0.05, 0) is 26.7 Å². The molecule has 2 aromatic rings. The molecule has 2 rings (SSSR count). The second kappa shape index (κ2) is 4.23. The van der Waals surface area contributed by atoms with Gasteiger partial charge in [0, 0.05) is 0 Å². The van der Waals surface area contributed by atoms with Crippen LogP contribution >= 0.6 is 15.9 Å². The van der Waals surface area contributed by atoms with Crippen molar-refractivity contribution in [1.29, 1.82) is 0 Å². The molecule has 0 saturated heterocycles. The number of benzene rings is 1. The lowest BCUT2D eigenvalue weighted by atomic mass is 10.2. The SMILES string of the molecule is Brc1cnnn1OCc1ccccc1. The summed E-state index contributed by atoms with van der Waals surface area (Å²) in [7, 11) is 0. The Balaban J connectivity index is 1.99. The third-order valence-corrected chi connectivity index (χ3v) is 2.18. The molecule has 0 aliphatic rings. The predicted octanol–water partition coefficient (Wildman–Crippen LogP) is 1.67. The quantitative estimate of drug-likeness (QED) is 0.836. The topological polar surface area (TPSA) is 39.9 Å². The van der Waals surface area contributed by atoms with Gasteiger partial charge in [0.1, 0.15) is 6.61 Å². The number of rotatable bonds is 3. The van der Waals surface area contributed by atoms with Gasteiger partial charge in [-0.1, -0.05) is 35.2 Å². The van der Waals surface area contributed by atoms with Crippen LogP contribution in [0.25, 0.3) is 0 Å². The molecule has 0 fully saturated rings. The third kappa shape index (κ3) is 2.11. The summed E-state index contributed by atoms with van der Waals surface area (Å²) in [5.41, 5.74) is 1.09. The molecule has 0 aliphatic heterocycles. The maximum Gasteiger partial charge on any atom is 0.165 e. The zero-order chi connectivity index (χ0) is 9.80. The van der Waals surface area contributed by atoms with Crippen LogP contribution in [0.4, 0.5) is 0 Å². The molecule has 1 aromatic carbocycles. The molecule has 1 heterocycles. The van der Waals surface area contributed by atoms with Crippen LogP contribution in [0, 0.1) is 0 Å². The summed E-state index contributed by atoms with van der Waals surface area (Å²) < 4.78 is 0.702. The minimum absolute atomic E-state index is 0.475. The van der Waals surface area contributed by atoms with Gasteiger partial charge in [0.25, 0.3) is 0 Å². The molecule has 0 radical (unpaired) electrons. The average Bonchev–Trinajstić information content (AvgIpc) is 2.63. The molecule has 0 atom stereocenters. The minimum Gasteiger partial charge on any atom is -0.390 e. The van der Waals surface area contributed by atoms with Crippen molar-refractivity contribution in [3.8, 4) is 0 Å². The van der Waals surface area contributed by atoms with Crippen LogP contribution in [-0.4, -0.2) is 15.2 Å². The molecular formula is C9H8BrN3O. The van der Waals surface area contributed by atoms with Crippen molar-refractivity contribution < 1.29 is 4.84 Å². The molecular weight excluding hydrogens is 246 g/mol. The molecule has 0 bridgehead atoms. The van der Waals surface area contributed by atoms with E-state index in [1.54, 1.807) is 6.20 Å². The number of aromatic nitrogens is 3. The van der Waals surface area contributed by atoms with Gasteiger partial charge in [-0.3, -0.25) is 0 Å². The first-order valence-electron chi connectivity index (χ1n) is 4.09. The maximum atomic E-state index is 5.36. The van der Waals surface area contributed by atoms with E-state index in [1.807, 2.05) is 30.3 Å². The average molecular weight is 254 g/mol. The Kier molecular flexibility index (Phi) is 2.78. The summed E-state index contributed by atoms with van der Waals surface area (Å²) in [5, 5.41) is 7.40. The van der Waals surface area contributed by atoms with Crippen LogP contribution in [0.5, 0.6) is 0 Å². The van der Waals surface area contributed by atoms with Gasteiger partial charge >= 0.3 is 0 Å². The number of halogens is 1. The zero-order valence-corrected chi connectivity index (χ0v) is 8.89. The smallest absolute Gasteiger partial charge is 0.165 e. The lowest BCUT2D eigenvalue weighted by Gasteiger charge is -2.04. The monoisotopic (exact) mass is 253 g/mol. The summed E-state index contributed by atoms with van der Waals surface area (Å²) >= 11 is 3.25. The molecule has 0 unspecified atom stereocenters. The van der Waals surface area contributed by atoms with E-state index in [4.69, 9.17) is 4.84 Å². The van der Waals surface area contributed by atoms with Gasteiger partial charge in [-0.2, -0.15) is 0 Å². The Hall–Kier alpha value is -1.36. The van der Waals surface area contributed by atoms with Gasteiger partial charge in [-0.15, -0.1) is 5.10 Å². The highest BCUT2D eigenvalue weighted by molar-refractivity contribution is 9.10. The first-order chi connectivity index (χ1) is 6.86. The Morgan fingerprint density at radius 1 is 1.29 bits per heavy atom. The van der Waals surface area contributed by atoms with Gasteiger partial charge in [0.2, 0.25) is 0 Å². The molecule has 0 aliphatic carbocycles. The second-order valence-electron chi connectivity index (χ2n) is 2.69. The van der Waals surface area contributed by atoms with Crippen molar-refractivity contribution in [2.45, 2.75) is 6.61 Å². The first kappa shape index (κ1) is 9.21. The molecule has 72 valence electrons. The highest BCUT2D eigenvalue weighted by Crippen LogP contribution is 2.05. The molecule has 4 nitrogen and oxygen atoms in total. The van der Waals surface area contributed by atoms with Gasteiger partial charge in [0.05, 0.1) is 6.20 Å². The van der Waals surface area contributed by atoms with E-state index in [-0.39, 0.29) is 0 Å². The normalized spacial score (nSPS) is 10.1. The third-order valence-electron chi connectivity index (χ3n) is 1.68. The van der Waals surface area contributed by atoms with Gasteiger partial charge < -0.3 is 4.84 Å². The summed E-state index contributed by atoms with van der Waals surface area (Å²) in [6.07, 6.45) is 1.57. The maximum absolute atomic E-state index is 5.36. The summed E-state index contributed by atoms with van der Waals surface area (Å²) in [6, 6.07) is 9.88. The van der Waals surface area contributed by atoms with Gasteiger partial charge in [0.15, 0.2) is 4.60 Å². The van der Waals surface area contributed by atoms with E-state index in [0.717, 1.165) is 5.56 Å².